The van der Waals surface area contributed by atoms with Crippen LogP contribution in [0.1, 0.15) is 11.3 Å². The minimum atomic E-state index is 0.877. The molecule has 0 saturated carbocycles. The van der Waals surface area contributed by atoms with Crippen molar-refractivity contribution in [1.29, 1.82) is 0 Å². The molecule has 5 aromatic rings. The fourth-order valence-corrected chi connectivity index (χ4v) is 3.82. The fraction of sp³-hybridized carbons (Fsp3) is 0.200. The third-order valence-corrected chi connectivity index (χ3v) is 4.80. The van der Waals surface area contributed by atoms with Gasteiger partial charge in [-0.2, -0.15) is 0 Å². The van der Waals surface area contributed by atoms with Crippen molar-refractivity contribution in [3.05, 3.63) is 60.0 Å². The first-order valence-electron chi connectivity index (χ1n) is 8.43. The van der Waals surface area contributed by atoms with Gasteiger partial charge in [-0.15, -0.1) is 10.2 Å². The Bertz CT molecular complexity index is 1260. The lowest BCUT2D eigenvalue weighted by molar-refractivity contribution is 0.396. The van der Waals surface area contributed by atoms with Crippen LogP contribution in [0.15, 0.2) is 48.8 Å². The summed E-state index contributed by atoms with van der Waals surface area (Å²) in [5.74, 6) is 0. The van der Waals surface area contributed by atoms with E-state index in [1.807, 2.05) is 0 Å². The quantitative estimate of drug-likeness (QED) is 0.496. The molecule has 0 spiro atoms. The highest BCUT2D eigenvalue weighted by molar-refractivity contribution is 6.05. The van der Waals surface area contributed by atoms with Gasteiger partial charge in [0.05, 0.1) is 16.6 Å². The van der Waals surface area contributed by atoms with Crippen molar-refractivity contribution in [2.24, 2.45) is 0 Å². The molecule has 0 aliphatic carbocycles. The zero-order valence-corrected chi connectivity index (χ0v) is 14.6. The van der Waals surface area contributed by atoms with E-state index in [2.05, 4.69) is 87.4 Å². The van der Waals surface area contributed by atoms with Crippen LogP contribution in [-0.2, 0) is 6.54 Å². The number of nitrogens with zero attached hydrogens (tertiary/aromatic N) is 5. The molecule has 25 heavy (non-hydrogen) atoms. The Kier molecular flexibility index (Phi) is 2.91. The van der Waals surface area contributed by atoms with Crippen LogP contribution in [0.5, 0.6) is 0 Å². The lowest BCUT2D eigenvalue weighted by Gasteiger charge is -2.11. The molecule has 0 atom stereocenters. The van der Waals surface area contributed by atoms with Crippen LogP contribution < -0.4 is 0 Å². The molecule has 0 fully saturated rings. The highest BCUT2D eigenvalue weighted by Crippen LogP contribution is 2.31. The zero-order chi connectivity index (χ0) is 17.1. The molecule has 124 valence electrons. The Morgan fingerprint density at radius 3 is 2.76 bits per heavy atom. The van der Waals surface area contributed by atoms with Gasteiger partial charge in [0.15, 0.2) is 5.65 Å². The van der Waals surface area contributed by atoms with Crippen molar-refractivity contribution in [3.63, 3.8) is 0 Å². The topological polar surface area (TPSA) is 37.8 Å². The third-order valence-electron chi connectivity index (χ3n) is 4.80. The Labute approximate surface area is 145 Å². The summed E-state index contributed by atoms with van der Waals surface area (Å²) >= 11 is 0. The summed E-state index contributed by atoms with van der Waals surface area (Å²) in [7, 11) is 4.21. The molecule has 0 unspecified atom stereocenters. The van der Waals surface area contributed by atoms with Gasteiger partial charge in [0.1, 0.15) is 6.33 Å². The van der Waals surface area contributed by atoms with E-state index in [0.717, 1.165) is 23.1 Å². The van der Waals surface area contributed by atoms with Gasteiger partial charge in [0.25, 0.3) is 0 Å². The van der Waals surface area contributed by atoms with Crippen molar-refractivity contribution < 1.29 is 0 Å². The minimum Gasteiger partial charge on any atom is -0.309 e. The zero-order valence-electron chi connectivity index (χ0n) is 14.6. The summed E-state index contributed by atoms with van der Waals surface area (Å²) in [6, 6.07) is 15.3. The molecule has 0 saturated heterocycles. The minimum absolute atomic E-state index is 0.877. The maximum Gasteiger partial charge on any atom is 0.170 e. The highest BCUT2D eigenvalue weighted by atomic mass is 15.2. The molecular weight excluding hydrogens is 310 g/mol. The molecule has 0 aliphatic rings. The number of fused-ring (bicyclic) bond motifs is 5. The van der Waals surface area contributed by atoms with Crippen LogP contribution in [0, 0.1) is 6.92 Å². The van der Waals surface area contributed by atoms with Gasteiger partial charge in [-0.3, -0.25) is 4.40 Å². The Hall–Kier alpha value is -2.92. The van der Waals surface area contributed by atoms with Gasteiger partial charge in [-0.25, -0.2) is 0 Å². The average Bonchev–Trinajstić information content (AvgIpc) is 3.15. The van der Waals surface area contributed by atoms with Gasteiger partial charge in [0, 0.05) is 23.0 Å². The SMILES string of the molecule is Cc1ccc2c(c1)n1c(CN(C)C)cc3cccc(c4nncn24)c31. The summed E-state index contributed by atoms with van der Waals surface area (Å²) < 4.78 is 4.48. The molecule has 0 radical (unpaired) electrons. The molecule has 3 aromatic heterocycles. The Balaban J connectivity index is 2.17. The van der Waals surface area contributed by atoms with Crippen LogP contribution >= 0.6 is 0 Å². The Morgan fingerprint density at radius 2 is 1.92 bits per heavy atom. The average molecular weight is 329 g/mol. The summed E-state index contributed by atoms with van der Waals surface area (Å²) in [5.41, 5.74) is 6.91. The number of rotatable bonds is 2. The molecule has 0 aliphatic heterocycles. The number of hydrogen-bond acceptors (Lipinski definition) is 3. The fourth-order valence-electron chi connectivity index (χ4n) is 3.82. The van der Waals surface area contributed by atoms with Crippen LogP contribution in [-0.4, -0.2) is 38.0 Å². The molecule has 0 amide bonds. The molecule has 0 bridgehead atoms. The molecule has 2 aromatic carbocycles. The number of aryl methyl sites for hydroxylation is 1. The van der Waals surface area contributed by atoms with E-state index < -0.39 is 0 Å². The molecule has 5 rings (SSSR count). The van der Waals surface area contributed by atoms with Crippen LogP contribution in [0.2, 0.25) is 0 Å². The third kappa shape index (κ3) is 1.99. The van der Waals surface area contributed by atoms with E-state index in [0.29, 0.717) is 0 Å². The maximum absolute atomic E-state index is 4.42. The smallest absolute Gasteiger partial charge is 0.170 e. The second-order valence-corrected chi connectivity index (χ2v) is 6.97. The first kappa shape index (κ1) is 14.4. The summed E-state index contributed by atoms with van der Waals surface area (Å²) in [6.07, 6.45) is 1.81. The molecule has 0 N–H and O–H groups in total. The Morgan fingerprint density at radius 1 is 1.04 bits per heavy atom. The second kappa shape index (κ2) is 5.04. The van der Waals surface area contributed by atoms with Crippen LogP contribution in [0.3, 0.4) is 0 Å². The van der Waals surface area contributed by atoms with Crippen molar-refractivity contribution in [2.45, 2.75) is 13.5 Å². The number of aromatic nitrogens is 4. The maximum atomic E-state index is 4.42. The summed E-state index contributed by atoms with van der Waals surface area (Å²) in [5, 5.41) is 11.0. The standard InChI is InChI=1S/C20H19N5/c1-13-7-8-17-18(9-13)25-15(11-23(2)3)10-14-5-4-6-16(19(14)25)20-22-21-12-24(17)20/h4-10,12H,11H2,1-3H3. The van der Waals surface area contributed by atoms with E-state index in [4.69, 9.17) is 0 Å². The van der Waals surface area contributed by atoms with E-state index in [-0.39, 0.29) is 0 Å². The van der Waals surface area contributed by atoms with Gasteiger partial charge in [-0.1, -0.05) is 18.2 Å². The summed E-state index contributed by atoms with van der Waals surface area (Å²) in [4.78, 5) is 2.21. The predicted octanol–water partition coefficient (Wildman–Crippen LogP) is 3.66. The number of hydrogen-bond donors (Lipinski definition) is 0. The van der Waals surface area contributed by atoms with E-state index in [9.17, 15) is 0 Å². The number of para-hydroxylation sites is 1. The molecule has 3 heterocycles. The monoisotopic (exact) mass is 329 g/mol. The van der Waals surface area contributed by atoms with E-state index >= 15 is 0 Å². The lowest BCUT2D eigenvalue weighted by Crippen LogP contribution is -2.12. The van der Waals surface area contributed by atoms with Gasteiger partial charge in [0.2, 0.25) is 0 Å². The number of benzene rings is 2. The first-order valence-corrected chi connectivity index (χ1v) is 8.43. The van der Waals surface area contributed by atoms with Gasteiger partial charge < -0.3 is 9.30 Å². The second-order valence-electron chi connectivity index (χ2n) is 6.97. The van der Waals surface area contributed by atoms with Gasteiger partial charge >= 0.3 is 0 Å². The van der Waals surface area contributed by atoms with Crippen molar-refractivity contribution in [3.8, 4) is 0 Å². The highest BCUT2D eigenvalue weighted by Gasteiger charge is 2.15. The van der Waals surface area contributed by atoms with Gasteiger partial charge in [-0.05, 0) is 50.8 Å². The van der Waals surface area contributed by atoms with Crippen LogP contribution in [0.4, 0.5) is 0 Å². The van der Waals surface area contributed by atoms with Crippen LogP contribution in [0.25, 0.3) is 33.0 Å². The van der Waals surface area contributed by atoms with Crippen molar-refractivity contribution >= 4 is 33.0 Å². The van der Waals surface area contributed by atoms with Crippen molar-refractivity contribution in [1.82, 2.24) is 23.9 Å². The summed E-state index contributed by atoms with van der Waals surface area (Å²) in [6.45, 7) is 3.01. The molecule has 5 nitrogen and oxygen atoms in total. The lowest BCUT2D eigenvalue weighted by atomic mass is 10.2. The largest absolute Gasteiger partial charge is 0.309 e. The van der Waals surface area contributed by atoms with E-state index in [1.54, 1.807) is 6.33 Å². The van der Waals surface area contributed by atoms with Crippen molar-refractivity contribution in [2.75, 3.05) is 14.1 Å². The molecular formula is C20H19N5. The first-order chi connectivity index (χ1) is 12.1. The molecule has 5 heteroatoms. The predicted molar refractivity (Wildman–Crippen MR) is 101 cm³/mol. The van der Waals surface area contributed by atoms with E-state index in [1.165, 1.54) is 27.7 Å². The normalized spacial score (nSPS) is 12.3.